The first kappa shape index (κ1) is 14.3. The van der Waals surface area contributed by atoms with E-state index in [1.54, 1.807) is 0 Å². The average molecular weight is 276 g/mol. The van der Waals surface area contributed by atoms with Crippen LogP contribution in [0.4, 0.5) is 17.6 Å². The summed E-state index contributed by atoms with van der Waals surface area (Å²) in [6.07, 6.45) is -2.39. The second-order valence-electron chi connectivity index (χ2n) is 5.41. The van der Waals surface area contributed by atoms with Crippen LogP contribution in [0.3, 0.4) is 0 Å². The molecule has 1 aromatic rings. The van der Waals surface area contributed by atoms with Crippen LogP contribution in [0.15, 0.2) is 18.2 Å². The molecule has 1 aliphatic rings. The predicted molar refractivity (Wildman–Crippen MR) is 62.9 cm³/mol. The summed E-state index contributed by atoms with van der Waals surface area (Å²) in [6.45, 7) is 2.05. The summed E-state index contributed by atoms with van der Waals surface area (Å²) in [5.41, 5.74) is -2.41. The molecule has 0 bridgehead atoms. The minimum absolute atomic E-state index is 0.160. The molecule has 0 atom stereocenters. The van der Waals surface area contributed by atoms with E-state index in [2.05, 4.69) is 0 Å². The van der Waals surface area contributed by atoms with Gasteiger partial charge in [0, 0.05) is 0 Å². The van der Waals surface area contributed by atoms with Gasteiger partial charge in [-0.2, -0.15) is 13.2 Å². The van der Waals surface area contributed by atoms with Gasteiger partial charge in [0.25, 0.3) is 0 Å². The van der Waals surface area contributed by atoms with Crippen LogP contribution in [0, 0.1) is 11.7 Å². The van der Waals surface area contributed by atoms with Gasteiger partial charge in [-0.25, -0.2) is 4.39 Å². The Morgan fingerprint density at radius 1 is 1.21 bits per heavy atom. The summed E-state index contributed by atoms with van der Waals surface area (Å²) in [7, 11) is 0. The van der Waals surface area contributed by atoms with Gasteiger partial charge >= 0.3 is 6.18 Å². The normalized spacial score (nSPS) is 28.4. The highest BCUT2D eigenvalue weighted by Gasteiger charge is 2.38. The number of benzene rings is 1. The molecule has 0 radical (unpaired) electrons. The summed E-state index contributed by atoms with van der Waals surface area (Å²) in [5, 5.41) is 10.5. The molecule has 1 N–H and O–H groups in total. The molecule has 0 saturated heterocycles. The molecule has 0 amide bonds. The summed E-state index contributed by atoms with van der Waals surface area (Å²) in [4.78, 5) is 0. The SMILES string of the molecule is CC1CCC(O)(c2ccc(F)c(C(F)(F)F)c2)CC1. The van der Waals surface area contributed by atoms with Crippen LogP contribution in [0.5, 0.6) is 0 Å². The summed E-state index contributed by atoms with van der Waals surface area (Å²) >= 11 is 0. The van der Waals surface area contributed by atoms with Crippen molar-refractivity contribution in [2.24, 2.45) is 5.92 Å². The molecule has 0 unspecified atom stereocenters. The molecule has 1 saturated carbocycles. The fraction of sp³-hybridized carbons (Fsp3) is 0.571. The monoisotopic (exact) mass is 276 g/mol. The highest BCUT2D eigenvalue weighted by Crippen LogP contribution is 2.41. The molecule has 0 aromatic heterocycles. The maximum atomic E-state index is 13.2. The van der Waals surface area contributed by atoms with Gasteiger partial charge in [0.1, 0.15) is 5.82 Å². The van der Waals surface area contributed by atoms with Crippen LogP contribution in [-0.2, 0) is 11.8 Å². The van der Waals surface area contributed by atoms with Gasteiger partial charge < -0.3 is 5.11 Å². The Morgan fingerprint density at radius 3 is 2.32 bits per heavy atom. The Labute approximate surface area is 109 Å². The van der Waals surface area contributed by atoms with Crippen molar-refractivity contribution < 1.29 is 22.7 Å². The Balaban J connectivity index is 2.36. The van der Waals surface area contributed by atoms with Crippen molar-refractivity contribution in [2.45, 2.75) is 44.4 Å². The first-order valence-electron chi connectivity index (χ1n) is 6.32. The molecule has 1 aliphatic carbocycles. The Morgan fingerprint density at radius 2 is 1.79 bits per heavy atom. The highest BCUT2D eigenvalue weighted by molar-refractivity contribution is 5.31. The number of hydrogen-bond acceptors (Lipinski definition) is 1. The Kier molecular flexibility index (Phi) is 3.60. The van der Waals surface area contributed by atoms with Crippen molar-refractivity contribution in [3.8, 4) is 0 Å². The molecular weight excluding hydrogens is 260 g/mol. The van der Waals surface area contributed by atoms with E-state index in [4.69, 9.17) is 0 Å². The molecule has 1 aromatic carbocycles. The summed E-state index contributed by atoms with van der Waals surface area (Å²) < 4.78 is 51.2. The van der Waals surface area contributed by atoms with Gasteiger partial charge in [-0.1, -0.05) is 13.0 Å². The van der Waals surface area contributed by atoms with Crippen LogP contribution in [0.25, 0.3) is 0 Å². The van der Waals surface area contributed by atoms with Crippen LogP contribution in [-0.4, -0.2) is 5.11 Å². The van der Waals surface area contributed by atoms with Gasteiger partial charge in [0.2, 0.25) is 0 Å². The maximum Gasteiger partial charge on any atom is 0.419 e. The fourth-order valence-corrected chi connectivity index (χ4v) is 2.56. The van der Waals surface area contributed by atoms with Gasteiger partial charge in [-0.15, -0.1) is 0 Å². The van der Waals surface area contributed by atoms with Crippen molar-refractivity contribution in [1.82, 2.24) is 0 Å². The van der Waals surface area contributed by atoms with E-state index in [-0.39, 0.29) is 5.56 Å². The lowest BCUT2D eigenvalue weighted by Gasteiger charge is -2.35. The Hall–Kier alpha value is -1.10. The zero-order valence-electron chi connectivity index (χ0n) is 10.6. The predicted octanol–water partition coefficient (Wildman–Crippen LogP) is 4.24. The number of alkyl halides is 3. The smallest absolute Gasteiger partial charge is 0.385 e. The minimum Gasteiger partial charge on any atom is -0.385 e. The van der Waals surface area contributed by atoms with Gasteiger partial charge in [0.05, 0.1) is 11.2 Å². The van der Waals surface area contributed by atoms with Crippen LogP contribution in [0.2, 0.25) is 0 Å². The third-order valence-electron chi connectivity index (χ3n) is 3.91. The molecule has 5 heteroatoms. The standard InChI is InChI=1S/C14H16F4O/c1-9-4-6-13(19,7-5-9)10-2-3-12(15)11(8-10)14(16,17)18/h2-3,8-9,19H,4-7H2,1H3. The highest BCUT2D eigenvalue weighted by atomic mass is 19.4. The summed E-state index contributed by atoms with van der Waals surface area (Å²) in [5.74, 6) is -0.841. The van der Waals surface area contributed by atoms with Gasteiger partial charge in [-0.05, 0) is 49.3 Å². The van der Waals surface area contributed by atoms with Crippen LogP contribution < -0.4 is 0 Å². The second-order valence-corrected chi connectivity index (χ2v) is 5.41. The van der Waals surface area contributed by atoms with Gasteiger partial charge in [0.15, 0.2) is 0 Å². The van der Waals surface area contributed by atoms with Crippen molar-refractivity contribution in [1.29, 1.82) is 0 Å². The number of hydrogen-bond donors (Lipinski definition) is 1. The quantitative estimate of drug-likeness (QED) is 0.760. The van der Waals surface area contributed by atoms with Crippen LogP contribution in [0.1, 0.15) is 43.7 Å². The van der Waals surface area contributed by atoms with Crippen molar-refractivity contribution in [2.75, 3.05) is 0 Å². The molecule has 0 spiro atoms. The topological polar surface area (TPSA) is 20.2 Å². The molecule has 19 heavy (non-hydrogen) atoms. The second kappa shape index (κ2) is 4.78. The lowest BCUT2D eigenvalue weighted by Crippen LogP contribution is -2.31. The zero-order valence-corrected chi connectivity index (χ0v) is 10.6. The number of rotatable bonds is 1. The maximum absolute atomic E-state index is 13.2. The van der Waals surface area contributed by atoms with E-state index in [1.165, 1.54) is 6.07 Å². The molecular formula is C14H16F4O. The summed E-state index contributed by atoms with van der Waals surface area (Å²) in [6, 6.07) is 2.78. The van der Waals surface area contributed by atoms with Crippen molar-refractivity contribution in [3.63, 3.8) is 0 Å². The van der Waals surface area contributed by atoms with Crippen LogP contribution >= 0.6 is 0 Å². The third-order valence-corrected chi connectivity index (χ3v) is 3.91. The molecule has 2 rings (SSSR count). The third kappa shape index (κ3) is 2.91. The van der Waals surface area contributed by atoms with E-state index >= 15 is 0 Å². The largest absolute Gasteiger partial charge is 0.419 e. The molecule has 0 heterocycles. The van der Waals surface area contributed by atoms with E-state index in [1.807, 2.05) is 6.92 Å². The lowest BCUT2D eigenvalue weighted by atomic mass is 9.75. The lowest BCUT2D eigenvalue weighted by molar-refractivity contribution is -0.140. The van der Waals surface area contributed by atoms with E-state index in [0.717, 1.165) is 25.0 Å². The number of aliphatic hydroxyl groups is 1. The number of halogens is 4. The van der Waals surface area contributed by atoms with Gasteiger partial charge in [-0.3, -0.25) is 0 Å². The van der Waals surface area contributed by atoms with E-state index in [0.29, 0.717) is 18.8 Å². The molecule has 106 valence electrons. The molecule has 1 nitrogen and oxygen atoms in total. The molecule has 1 fully saturated rings. The first-order valence-corrected chi connectivity index (χ1v) is 6.32. The minimum atomic E-state index is -4.74. The van der Waals surface area contributed by atoms with Crippen molar-refractivity contribution in [3.05, 3.63) is 35.1 Å². The fourth-order valence-electron chi connectivity index (χ4n) is 2.56. The average Bonchev–Trinajstić information content (AvgIpc) is 2.32. The van der Waals surface area contributed by atoms with E-state index in [9.17, 15) is 22.7 Å². The molecule has 0 aliphatic heterocycles. The van der Waals surface area contributed by atoms with E-state index < -0.39 is 23.2 Å². The zero-order chi connectivity index (χ0) is 14.3. The van der Waals surface area contributed by atoms with Crippen molar-refractivity contribution >= 4 is 0 Å². The first-order chi connectivity index (χ1) is 8.72. The Bertz CT molecular complexity index is 459.